The molecule has 0 aromatic carbocycles. The third-order valence-corrected chi connectivity index (χ3v) is 4.84. The van der Waals surface area contributed by atoms with Crippen molar-refractivity contribution in [2.24, 2.45) is 23.2 Å². The molecule has 2 saturated heterocycles. The van der Waals surface area contributed by atoms with Gasteiger partial charge in [0, 0.05) is 19.6 Å². The number of nitrogens with one attached hydrogen (secondary N) is 1. The maximum absolute atomic E-state index is 12.1. The zero-order valence-electron chi connectivity index (χ0n) is 10.0. The average Bonchev–Trinajstić information content (AvgIpc) is 2.79. The lowest BCUT2D eigenvalue weighted by Gasteiger charge is -2.24. The molecule has 0 bridgehead atoms. The maximum Gasteiger partial charge on any atom is 0.227 e. The van der Waals surface area contributed by atoms with E-state index in [4.69, 9.17) is 0 Å². The van der Waals surface area contributed by atoms with E-state index in [1.165, 1.54) is 0 Å². The van der Waals surface area contributed by atoms with Crippen molar-refractivity contribution in [3.63, 3.8) is 0 Å². The van der Waals surface area contributed by atoms with Gasteiger partial charge in [0.05, 0.1) is 5.92 Å². The van der Waals surface area contributed by atoms with Crippen LogP contribution in [0.25, 0.3) is 0 Å². The van der Waals surface area contributed by atoms with Gasteiger partial charge >= 0.3 is 0 Å². The number of likely N-dealkylation sites (tertiary alicyclic amines) is 1. The minimum Gasteiger partial charge on any atom is -0.342 e. The van der Waals surface area contributed by atoms with Crippen LogP contribution in [0.5, 0.6) is 0 Å². The highest BCUT2D eigenvalue weighted by atomic mass is 35.5. The third kappa shape index (κ3) is 1.65. The van der Waals surface area contributed by atoms with Crippen LogP contribution >= 0.6 is 12.4 Å². The molecule has 0 radical (unpaired) electrons. The fraction of sp³-hybridized carbons (Fsp3) is 0.917. The fourth-order valence-electron chi connectivity index (χ4n) is 3.44. The van der Waals surface area contributed by atoms with Gasteiger partial charge in [-0.25, -0.2) is 0 Å². The first kappa shape index (κ1) is 12.2. The van der Waals surface area contributed by atoms with Crippen molar-refractivity contribution in [1.29, 1.82) is 0 Å². The molecule has 1 saturated carbocycles. The van der Waals surface area contributed by atoms with Gasteiger partial charge in [-0.15, -0.1) is 12.4 Å². The number of hydrogen-bond acceptors (Lipinski definition) is 2. The van der Waals surface area contributed by atoms with Crippen LogP contribution in [0.15, 0.2) is 0 Å². The van der Waals surface area contributed by atoms with E-state index in [1.807, 2.05) is 0 Å². The van der Waals surface area contributed by atoms with Crippen molar-refractivity contribution in [3.8, 4) is 0 Å². The van der Waals surface area contributed by atoms with Gasteiger partial charge in [-0.2, -0.15) is 0 Å². The molecule has 3 atom stereocenters. The van der Waals surface area contributed by atoms with Gasteiger partial charge in [0.25, 0.3) is 0 Å². The molecule has 0 aromatic heterocycles. The molecule has 2 aliphatic heterocycles. The van der Waals surface area contributed by atoms with Crippen LogP contribution in [-0.2, 0) is 4.79 Å². The van der Waals surface area contributed by atoms with E-state index in [0.29, 0.717) is 11.3 Å². The number of rotatable bonds is 1. The van der Waals surface area contributed by atoms with Gasteiger partial charge in [0.15, 0.2) is 0 Å². The lowest BCUT2D eigenvalue weighted by molar-refractivity contribution is -0.134. The summed E-state index contributed by atoms with van der Waals surface area (Å²) < 4.78 is 0. The van der Waals surface area contributed by atoms with Crippen LogP contribution in [0.3, 0.4) is 0 Å². The standard InChI is InChI=1S/C12H20N2O.ClH/c1-12(2)9-6-14(7-10(9)12)11(15)8-3-4-13-5-8;/h8-10,13H,3-7H2,1-2H3;1H/t8-,9?,10?;/m0./s1. The zero-order valence-corrected chi connectivity index (χ0v) is 10.8. The summed E-state index contributed by atoms with van der Waals surface area (Å²) in [5, 5.41) is 3.27. The van der Waals surface area contributed by atoms with Crippen molar-refractivity contribution in [1.82, 2.24) is 10.2 Å². The number of fused-ring (bicyclic) bond motifs is 1. The Kier molecular flexibility index (Phi) is 2.96. The fourth-order valence-corrected chi connectivity index (χ4v) is 3.44. The first-order valence-corrected chi connectivity index (χ1v) is 6.10. The quantitative estimate of drug-likeness (QED) is 0.750. The summed E-state index contributed by atoms with van der Waals surface area (Å²) in [6.45, 7) is 8.62. The van der Waals surface area contributed by atoms with Gasteiger partial charge in [-0.05, 0) is 30.2 Å². The van der Waals surface area contributed by atoms with E-state index in [9.17, 15) is 4.79 Å². The summed E-state index contributed by atoms with van der Waals surface area (Å²) in [6, 6.07) is 0. The van der Waals surface area contributed by atoms with Crippen LogP contribution < -0.4 is 5.32 Å². The van der Waals surface area contributed by atoms with E-state index in [0.717, 1.165) is 44.4 Å². The number of carbonyl (C=O) groups excluding carboxylic acids is 1. The van der Waals surface area contributed by atoms with Crippen molar-refractivity contribution in [3.05, 3.63) is 0 Å². The van der Waals surface area contributed by atoms with Gasteiger partial charge in [0.2, 0.25) is 5.91 Å². The first-order valence-electron chi connectivity index (χ1n) is 6.10. The van der Waals surface area contributed by atoms with Crippen molar-refractivity contribution < 1.29 is 4.79 Å². The molecule has 1 amide bonds. The predicted molar refractivity (Wildman–Crippen MR) is 65.6 cm³/mol. The van der Waals surface area contributed by atoms with E-state index in [1.54, 1.807) is 0 Å². The SMILES string of the molecule is CC1(C)C2CN(C(=O)[C@H]3CCNC3)CC21.Cl. The molecular formula is C12H21ClN2O. The summed E-state index contributed by atoms with van der Waals surface area (Å²) in [4.78, 5) is 14.2. The van der Waals surface area contributed by atoms with Crippen LogP contribution in [-0.4, -0.2) is 37.0 Å². The summed E-state index contributed by atoms with van der Waals surface area (Å²) in [7, 11) is 0. The number of carbonyl (C=O) groups is 1. The molecule has 0 spiro atoms. The summed E-state index contributed by atoms with van der Waals surface area (Å²) in [5.74, 6) is 2.25. The van der Waals surface area contributed by atoms with Gasteiger partial charge < -0.3 is 10.2 Å². The topological polar surface area (TPSA) is 32.3 Å². The molecule has 16 heavy (non-hydrogen) atoms. The van der Waals surface area contributed by atoms with E-state index in [-0.39, 0.29) is 18.3 Å². The third-order valence-electron chi connectivity index (χ3n) is 4.84. The normalized spacial score (nSPS) is 39.1. The largest absolute Gasteiger partial charge is 0.342 e. The monoisotopic (exact) mass is 244 g/mol. The Morgan fingerprint density at radius 1 is 1.31 bits per heavy atom. The molecule has 1 aliphatic carbocycles. The van der Waals surface area contributed by atoms with Crippen LogP contribution in [0.2, 0.25) is 0 Å². The second-order valence-electron chi connectivity index (χ2n) is 5.97. The highest BCUT2D eigenvalue weighted by Gasteiger charge is 2.62. The lowest BCUT2D eigenvalue weighted by Crippen LogP contribution is -2.38. The van der Waals surface area contributed by atoms with E-state index in [2.05, 4.69) is 24.1 Å². The smallest absolute Gasteiger partial charge is 0.227 e. The number of halogens is 1. The predicted octanol–water partition coefficient (Wildman–Crippen LogP) is 1.13. The molecule has 3 aliphatic rings. The second kappa shape index (κ2) is 3.88. The number of amides is 1. The minimum absolute atomic E-state index is 0. The average molecular weight is 245 g/mol. The molecule has 0 aromatic rings. The Bertz CT molecular complexity index is 285. The first-order chi connectivity index (χ1) is 7.10. The molecule has 3 fully saturated rings. The Labute approximate surface area is 103 Å². The van der Waals surface area contributed by atoms with Gasteiger partial charge in [-0.1, -0.05) is 13.8 Å². The molecule has 2 heterocycles. The van der Waals surface area contributed by atoms with E-state index >= 15 is 0 Å². The van der Waals surface area contributed by atoms with Crippen molar-refractivity contribution in [2.75, 3.05) is 26.2 Å². The number of hydrogen-bond donors (Lipinski definition) is 1. The zero-order chi connectivity index (χ0) is 10.6. The molecular weight excluding hydrogens is 224 g/mol. The number of piperidine rings is 1. The molecule has 1 N–H and O–H groups in total. The summed E-state index contributed by atoms with van der Waals surface area (Å²) in [6.07, 6.45) is 1.04. The van der Waals surface area contributed by atoms with Crippen LogP contribution in [0.4, 0.5) is 0 Å². The van der Waals surface area contributed by atoms with Crippen molar-refractivity contribution >= 4 is 18.3 Å². The molecule has 2 unspecified atom stereocenters. The van der Waals surface area contributed by atoms with Crippen molar-refractivity contribution in [2.45, 2.75) is 20.3 Å². The molecule has 3 nitrogen and oxygen atoms in total. The number of nitrogens with zero attached hydrogens (tertiary/aromatic N) is 1. The van der Waals surface area contributed by atoms with E-state index < -0.39 is 0 Å². The Morgan fingerprint density at radius 3 is 2.44 bits per heavy atom. The Morgan fingerprint density at radius 2 is 1.94 bits per heavy atom. The lowest BCUT2D eigenvalue weighted by atomic mass is 10.0. The van der Waals surface area contributed by atoms with Crippen LogP contribution in [0.1, 0.15) is 20.3 Å². The van der Waals surface area contributed by atoms with Crippen LogP contribution in [0, 0.1) is 23.2 Å². The molecule has 3 rings (SSSR count). The maximum atomic E-state index is 12.1. The Balaban J connectivity index is 0.000000963. The molecule has 92 valence electrons. The second-order valence-corrected chi connectivity index (χ2v) is 5.97. The Hall–Kier alpha value is -0.280. The highest BCUT2D eigenvalue weighted by Crippen LogP contribution is 2.62. The van der Waals surface area contributed by atoms with Gasteiger partial charge in [0.1, 0.15) is 0 Å². The van der Waals surface area contributed by atoms with Gasteiger partial charge in [-0.3, -0.25) is 4.79 Å². The summed E-state index contributed by atoms with van der Waals surface area (Å²) >= 11 is 0. The molecule has 4 heteroatoms. The minimum atomic E-state index is 0. The summed E-state index contributed by atoms with van der Waals surface area (Å²) in [5.41, 5.74) is 0.519. The highest BCUT2D eigenvalue weighted by molar-refractivity contribution is 5.85.